The quantitative estimate of drug-likeness (QED) is 0.520. The van der Waals surface area contributed by atoms with E-state index < -0.39 is 10.0 Å². The van der Waals surface area contributed by atoms with E-state index in [0.717, 1.165) is 30.6 Å². The number of hydrogen-bond acceptors (Lipinski definition) is 6. The Morgan fingerprint density at radius 1 is 1.06 bits per heavy atom. The Morgan fingerprint density at radius 3 is 2.50 bits per heavy atom. The summed E-state index contributed by atoms with van der Waals surface area (Å²) in [6.07, 6.45) is 2.76. The van der Waals surface area contributed by atoms with E-state index in [1.54, 1.807) is 12.1 Å². The number of carbonyl (C=O) groups is 1. The molecule has 2 aromatic rings. The lowest BCUT2D eigenvalue weighted by Crippen LogP contribution is -2.35. The predicted octanol–water partition coefficient (Wildman–Crippen LogP) is 3.52. The molecule has 1 heterocycles. The van der Waals surface area contributed by atoms with E-state index in [4.69, 9.17) is 9.47 Å². The lowest BCUT2D eigenvalue weighted by molar-refractivity contribution is -0.117. The Bertz CT molecular complexity index is 1070. The molecule has 34 heavy (non-hydrogen) atoms. The highest BCUT2D eigenvalue weighted by Gasteiger charge is 2.27. The summed E-state index contributed by atoms with van der Waals surface area (Å²) in [6.45, 7) is 6.41. The second-order valence-electron chi connectivity index (χ2n) is 8.46. The summed E-state index contributed by atoms with van der Waals surface area (Å²) < 4.78 is 39.1. The van der Waals surface area contributed by atoms with Gasteiger partial charge in [-0.05, 0) is 63.6 Å². The van der Waals surface area contributed by atoms with Gasteiger partial charge in [-0.3, -0.25) is 9.69 Å². The number of para-hydroxylation sites is 1. The summed E-state index contributed by atoms with van der Waals surface area (Å²) in [5.41, 5.74) is 1.42. The summed E-state index contributed by atoms with van der Waals surface area (Å²) in [4.78, 5) is 14.7. The van der Waals surface area contributed by atoms with Gasteiger partial charge in [0, 0.05) is 19.6 Å². The van der Waals surface area contributed by atoms with Crippen molar-refractivity contribution in [2.24, 2.45) is 0 Å². The van der Waals surface area contributed by atoms with Gasteiger partial charge in [0.2, 0.25) is 15.9 Å². The number of aryl methyl sites for hydroxylation is 1. The highest BCUT2D eigenvalue weighted by Crippen LogP contribution is 2.30. The van der Waals surface area contributed by atoms with Crippen LogP contribution in [-0.2, 0) is 14.8 Å². The summed E-state index contributed by atoms with van der Waals surface area (Å²) in [5, 5.41) is 2.83. The van der Waals surface area contributed by atoms with Gasteiger partial charge in [-0.15, -0.1) is 0 Å². The molecule has 0 saturated carbocycles. The van der Waals surface area contributed by atoms with Crippen LogP contribution in [0.3, 0.4) is 0 Å². The molecule has 0 atom stereocenters. The minimum absolute atomic E-state index is 0.131. The fourth-order valence-electron chi connectivity index (χ4n) is 3.85. The molecule has 9 heteroatoms. The number of likely N-dealkylation sites (N-methyl/N-ethyl adjacent to an activating group) is 1. The first-order valence-corrected chi connectivity index (χ1v) is 13.2. The average Bonchev–Trinajstić information content (AvgIpc) is 2.82. The standard InChI is InChI=1S/C25H35N3O5S/c1-4-32-24-13-12-21(34(30,31)28-14-8-5-9-15-28)18-22(24)26-25(29)19-27(3)16-17-33-23-11-7-6-10-20(23)2/h6-7,10-13,18H,4-5,8-9,14-17,19H2,1-3H3,(H,26,29). The number of amides is 1. The highest BCUT2D eigenvalue weighted by atomic mass is 32.2. The van der Waals surface area contributed by atoms with Gasteiger partial charge in [-0.2, -0.15) is 4.31 Å². The Morgan fingerprint density at radius 2 is 1.79 bits per heavy atom. The summed E-state index contributed by atoms with van der Waals surface area (Å²) in [6, 6.07) is 12.4. The van der Waals surface area contributed by atoms with Crippen molar-refractivity contribution in [3.8, 4) is 11.5 Å². The van der Waals surface area contributed by atoms with E-state index in [-0.39, 0.29) is 17.3 Å². The van der Waals surface area contributed by atoms with Gasteiger partial charge in [0.05, 0.1) is 23.7 Å². The predicted molar refractivity (Wildman–Crippen MR) is 133 cm³/mol. The van der Waals surface area contributed by atoms with Crippen LogP contribution in [0.1, 0.15) is 31.7 Å². The van der Waals surface area contributed by atoms with Crippen molar-refractivity contribution in [2.75, 3.05) is 51.8 Å². The smallest absolute Gasteiger partial charge is 0.243 e. The molecular formula is C25H35N3O5S. The molecule has 1 aliphatic rings. The van der Waals surface area contributed by atoms with E-state index in [2.05, 4.69) is 5.32 Å². The van der Waals surface area contributed by atoms with Crippen molar-refractivity contribution < 1.29 is 22.7 Å². The molecule has 0 aliphatic carbocycles. The van der Waals surface area contributed by atoms with Gasteiger partial charge in [0.25, 0.3) is 0 Å². The number of nitrogens with zero attached hydrogens (tertiary/aromatic N) is 2. The number of ether oxygens (including phenoxy) is 2. The monoisotopic (exact) mass is 489 g/mol. The SMILES string of the molecule is CCOc1ccc(S(=O)(=O)N2CCCCC2)cc1NC(=O)CN(C)CCOc1ccccc1C. The summed E-state index contributed by atoms with van der Waals surface area (Å²) in [5.74, 6) is 1.01. The maximum atomic E-state index is 13.1. The van der Waals surface area contributed by atoms with E-state index in [1.165, 1.54) is 10.4 Å². The second kappa shape index (κ2) is 12.2. The Kier molecular flexibility index (Phi) is 9.32. The zero-order chi connectivity index (χ0) is 24.6. The number of carbonyl (C=O) groups excluding carboxylic acids is 1. The van der Waals surface area contributed by atoms with Crippen molar-refractivity contribution >= 4 is 21.6 Å². The molecule has 3 rings (SSSR count). The maximum absolute atomic E-state index is 13.1. The Hall–Kier alpha value is -2.62. The van der Waals surface area contributed by atoms with Crippen molar-refractivity contribution in [1.29, 1.82) is 0 Å². The largest absolute Gasteiger partial charge is 0.492 e. The first-order chi connectivity index (χ1) is 16.3. The van der Waals surface area contributed by atoms with Gasteiger partial charge in [0.1, 0.15) is 18.1 Å². The Labute approximate surface area is 202 Å². The number of anilines is 1. The molecule has 0 aromatic heterocycles. The van der Waals surface area contributed by atoms with Crippen LogP contribution in [0.15, 0.2) is 47.4 Å². The molecule has 1 aliphatic heterocycles. The third kappa shape index (κ3) is 6.94. The molecule has 0 unspecified atom stereocenters. The molecule has 1 N–H and O–H groups in total. The molecule has 1 amide bonds. The molecule has 0 spiro atoms. The normalized spacial score (nSPS) is 14.7. The van der Waals surface area contributed by atoms with Crippen molar-refractivity contribution in [3.05, 3.63) is 48.0 Å². The van der Waals surface area contributed by atoms with E-state index in [0.29, 0.717) is 44.3 Å². The maximum Gasteiger partial charge on any atom is 0.243 e. The number of piperidine rings is 1. The summed E-state index contributed by atoms with van der Waals surface area (Å²) >= 11 is 0. The molecular weight excluding hydrogens is 454 g/mol. The fourth-order valence-corrected chi connectivity index (χ4v) is 5.39. The molecule has 1 saturated heterocycles. The van der Waals surface area contributed by atoms with E-state index in [9.17, 15) is 13.2 Å². The minimum Gasteiger partial charge on any atom is -0.492 e. The van der Waals surface area contributed by atoms with Crippen LogP contribution in [0.25, 0.3) is 0 Å². The van der Waals surface area contributed by atoms with Crippen molar-refractivity contribution in [2.45, 2.75) is 38.0 Å². The van der Waals surface area contributed by atoms with Gasteiger partial charge < -0.3 is 14.8 Å². The minimum atomic E-state index is -3.62. The van der Waals surface area contributed by atoms with Crippen LogP contribution in [0.4, 0.5) is 5.69 Å². The third-order valence-corrected chi connectivity index (χ3v) is 7.61. The highest BCUT2D eigenvalue weighted by molar-refractivity contribution is 7.89. The lowest BCUT2D eigenvalue weighted by atomic mass is 10.2. The number of benzene rings is 2. The van der Waals surface area contributed by atoms with Crippen LogP contribution in [0.5, 0.6) is 11.5 Å². The zero-order valence-electron chi connectivity index (χ0n) is 20.2. The third-order valence-electron chi connectivity index (χ3n) is 5.72. The van der Waals surface area contributed by atoms with Crippen LogP contribution >= 0.6 is 0 Å². The van der Waals surface area contributed by atoms with Gasteiger partial charge in [-0.1, -0.05) is 24.6 Å². The molecule has 0 bridgehead atoms. The molecule has 0 radical (unpaired) electrons. The van der Waals surface area contributed by atoms with Crippen LogP contribution in [-0.4, -0.2) is 70.0 Å². The number of rotatable bonds is 11. The lowest BCUT2D eigenvalue weighted by Gasteiger charge is -2.26. The fraction of sp³-hybridized carbons (Fsp3) is 0.480. The zero-order valence-corrected chi connectivity index (χ0v) is 21.1. The van der Waals surface area contributed by atoms with E-state index >= 15 is 0 Å². The van der Waals surface area contributed by atoms with Gasteiger partial charge in [-0.25, -0.2) is 8.42 Å². The number of hydrogen-bond donors (Lipinski definition) is 1. The van der Waals surface area contributed by atoms with Crippen molar-refractivity contribution in [1.82, 2.24) is 9.21 Å². The second-order valence-corrected chi connectivity index (χ2v) is 10.4. The van der Waals surface area contributed by atoms with Crippen molar-refractivity contribution in [3.63, 3.8) is 0 Å². The van der Waals surface area contributed by atoms with Crippen LogP contribution in [0.2, 0.25) is 0 Å². The summed E-state index contributed by atoms with van der Waals surface area (Å²) in [7, 11) is -1.78. The molecule has 186 valence electrons. The topological polar surface area (TPSA) is 88.2 Å². The number of nitrogens with one attached hydrogen (secondary N) is 1. The van der Waals surface area contributed by atoms with Crippen LogP contribution < -0.4 is 14.8 Å². The molecule has 8 nitrogen and oxygen atoms in total. The molecule has 2 aromatic carbocycles. The van der Waals surface area contributed by atoms with Crippen LogP contribution in [0, 0.1) is 6.92 Å². The first-order valence-electron chi connectivity index (χ1n) is 11.7. The number of sulfonamides is 1. The van der Waals surface area contributed by atoms with Gasteiger partial charge in [0.15, 0.2) is 0 Å². The first kappa shape index (κ1) is 26.0. The Balaban J connectivity index is 1.62. The van der Waals surface area contributed by atoms with Gasteiger partial charge >= 0.3 is 0 Å². The van der Waals surface area contributed by atoms with E-state index in [1.807, 2.05) is 50.1 Å². The molecule has 1 fully saturated rings. The average molecular weight is 490 g/mol.